The highest BCUT2D eigenvalue weighted by Crippen LogP contribution is 2.64. The van der Waals surface area contributed by atoms with E-state index in [1.165, 1.54) is 63.9 Å². The van der Waals surface area contributed by atoms with E-state index in [4.69, 9.17) is 9.16 Å². The van der Waals surface area contributed by atoms with Gasteiger partial charge >= 0.3 is 5.97 Å². The number of carbonyl (C=O) groups excluding carboxylic acids is 2. The molecule has 2 unspecified atom stereocenters. The molecule has 0 saturated heterocycles. The topological polar surface area (TPSA) is 52.6 Å². The van der Waals surface area contributed by atoms with Gasteiger partial charge in [-0.3, -0.25) is 9.59 Å². The van der Waals surface area contributed by atoms with Crippen LogP contribution >= 0.6 is 0 Å². The number of carbonyl (C=O) groups is 2. The molecule has 0 aromatic carbocycles. The average molecular weight is 517 g/mol. The van der Waals surface area contributed by atoms with Crippen LogP contribution in [0.5, 0.6) is 0 Å². The Labute approximate surface area is 222 Å². The number of unbranched alkanes of at least 4 members (excludes halogenated alkanes) is 1. The molecule has 0 N–H and O–H groups in total. The number of hydrogen-bond acceptors (Lipinski definition) is 4. The summed E-state index contributed by atoms with van der Waals surface area (Å²) in [6.45, 7) is 15.7. The second kappa shape index (κ2) is 11.0. The molecular weight excluding hydrogens is 464 g/mol. The first-order valence-electron chi connectivity index (χ1n) is 14.9. The molecule has 0 amide bonds. The molecule has 4 aliphatic rings. The summed E-state index contributed by atoms with van der Waals surface area (Å²) in [4.78, 5) is 24.8. The van der Waals surface area contributed by atoms with Gasteiger partial charge in [0.1, 0.15) is 6.10 Å². The van der Waals surface area contributed by atoms with E-state index in [-0.39, 0.29) is 29.9 Å². The van der Waals surface area contributed by atoms with Crippen LogP contribution in [0, 0.1) is 40.4 Å². The summed E-state index contributed by atoms with van der Waals surface area (Å²) in [5.41, 5.74) is 2.08. The zero-order chi connectivity index (χ0) is 26.3. The molecule has 0 radical (unpaired) electrons. The molecule has 0 heterocycles. The molecule has 0 aliphatic heterocycles. The fraction of sp³-hybridized carbons (Fsp3) is 0.871. The highest BCUT2D eigenvalue weighted by molar-refractivity contribution is 6.48. The maximum atomic E-state index is 12.8. The van der Waals surface area contributed by atoms with Gasteiger partial charge in [0, 0.05) is 25.4 Å². The Kier molecular flexibility index (Phi) is 8.61. The van der Waals surface area contributed by atoms with Gasteiger partial charge in [-0.15, -0.1) is 0 Å². The number of ketones is 1. The van der Waals surface area contributed by atoms with Crippen molar-refractivity contribution < 1.29 is 18.8 Å². The molecule has 36 heavy (non-hydrogen) atoms. The van der Waals surface area contributed by atoms with Crippen LogP contribution < -0.4 is 0 Å². The van der Waals surface area contributed by atoms with Gasteiger partial charge in [-0.2, -0.15) is 0 Å². The molecular formula is C31H52O4Si. The third-order valence-electron chi connectivity index (χ3n) is 10.1. The van der Waals surface area contributed by atoms with Crippen LogP contribution in [0.4, 0.5) is 0 Å². The van der Waals surface area contributed by atoms with Crippen molar-refractivity contribution in [2.24, 2.45) is 40.4 Å². The first kappa shape index (κ1) is 28.1. The molecule has 4 nitrogen and oxygen atoms in total. The molecule has 4 aliphatic carbocycles. The lowest BCUT2D eigenvalue weighted by molar-refractivity contribution is -0.156. The lowest BCUT2D eigenvalue weighted by Gasteiger charge is -2.58. The monoisotopic (exact) mass is 516 g/mol. The summed E-state index contributed by atoms with van der Waals surface area (Å²) < 4.78 is 12.8. The van der Waals surface area contributed by atoms with Crippen LogP contribution in [0.2, 0.25) is 13.1 Å². The molecule has 0 bridgehead atoms. The summed E-state index contributed by atoms with van der Waals surface area (Å²) in [7, 11) is -1.22. The molecule has 5 heteroatoms. The minimum absolute atomic E-state index is 0.132. The summed E-state index contributed by atoms with van der Waals surface area (Å²) in [6, 6.07) is 0. The maximum absolute atomic E-state index is 12.8. The molecule has 8 atom stereocenters. The Morgan fingerprint density at radius 3 is 2.58 bits per heavy atom. The van der Waals surface area contributed by atoms with E-state index in [0.717, 1.165) is 18.8 Å². The van der Waals surface area contributed by atoms with E-state index in [0.29, 0.717) is 35.0 Å². The lowest BCUT2D eigenvalue weighted by atomic mass is 9.48. The third-order valence-corrected chi connectivity index (χ3v) is 11.0. The summed E-state index contributed by atoms with van der Waals surface area (Å²) in [5, 5.41) is 0. The predicted octanol–water partition coefficient (Wildman–Crippen LogP) is 7.26. The molecule has 3 saturated carbocycles. The van der Waals surface area contributed by atoms with E-state index in [1.807, 2.05) is 6.08 Å². The van der Waals surface area contributed by atoms with Gasteiger partial charge in [-0.1, -0.05) is 52.5 Å². The first-order chi connectivity index (χ1) is 16.9. The Bertz CT molecular complexity index is 842. The standard InChI is InChI=1S/C31H52O4Si/c1-20(32)34-27-19-22(33)17-21-18-24(26(35-36(6)7)12-8-9-14-30(2,3)4)29-23(28(21)27)13-16-31(5)15-10-11-25(29)31/h17,23-29,36H,8-16,18-19H2,1-7H3/t23-,24+,25+,26?,27?,28+,29+,31+/m1/s1. The van der Waals surface area contributed by atoms with Gasteiger partial charge in [0.15, 0.2) is 14.8 Å². The molecule has 3 fully saturated rings. The van der Waals surface area contributed by atoms with Crippen molar-refractivity contribution in [3.8, 4) is 0 Å². The van der Waals surface area contributed by atoms with Gasteiger partial charge in [0.05, 0.1) is 0 Å². The van der Waals surface area contributed by atoms with E-state index in [2.05, 4.69) is 40.8 Å². The first-order valence-corrected chi connectivity index (χ1v) is 17.7. The van der Waals surface area contributed by atoms with E-state index >= 15 is 0 Å². The van der Waals surface area contributed by atoms with E-state index < -0.39 is 9.04 Å². The second-order valence-electron chi connectivity index (χ2n) is 14.4. The number of esters is 1. The number of fused-ring (bicyclic) bond motifs is 5. The van der Waals surface area contributed by atoms with E-state index in [1.54, 1.807) is 0 Å². The zero-order valence-corrected chi connectivity index (χ0v) is 25.3. The van der Waals surface area contributed by atoms with Crippen LogP contribution in [-0.4, -0.2) is 33.0 Å². The van der Waals surface area contributed by atoms with Crippen molar-refractivity contribution in [2.75, 3.05) is 0 Å². The van der Waals surface area contributed by atoms with Gasteiger partial charge in [0.2, 0.25) is 0 Å². The predicted molar refractivity (Wildman–Crippen MR) is 148 cm³/mol. The van der Waals surface area contributed by atoms with Crippen LogP contribution in [0.3, 0.4) is 0 Å². The van der Waals surface area contributed by atoms with Gasteiger partial charge in [-0.05, 0) is 98.6 Å². The van der Waals surface area contributed by atoms with Gasteiger partial charge in [-0.25, -0.2) is 0 Å². The minimum atomic E-state index is -1.22. The fourth-order valence-corrected chi connectivity index (χ4v) is 9.81. The lowest BCUT2D eigenvalue weighted by Crippen LogP contribution is -2.55. The van der Waals surface area contributed by atoms with Crippen LogP contribution in [0.15, 0.2) is 11.6 Å². The highest BCUT2D eigenvalue weighted by atomic mass is 28.3. The Morgan fingerprint density at radius 1 is 1.17 bits per heavy atom. The molecule has 204 valence electrons. The van der Waals surface area contributed by atoms with Crippen LogP contribution in [-0.2, 0) is 18.8 Å². The SMILES string of the molecule is CC(=O)OC1CC(=O)C=C2C[C@@H](C(CCCCC(C)(C)C)O[SiH](C)C)[C@@H]3[C@H](CC[C@]4(C)CCC[C@@H]34)[C@H]21. The van der Waals surface area contributed by atoms with Crippen molar-refractivity contribution >= 4 is 20.8 Å². The smallest absolute Gasteiger partial charge is 0.302 e. The largest absolute Gasteiger partial charge is 0.461 e. The van der Waals surface area contributed by atoms with Gasteiger partial charge < -0.3 is 9.16 Å². The zero-order valence-electron chi connectivity index (χ0n) is 24.1. The summed E-state index contributed by atoms with van der Waals surface area (Å²) >= 11 is 0. The summed E-state index contributed by atoms with van der Waals surface area (Å²) in [5.74, 6) is 2.42. The van der Waals surface area contributed by atoms with E-state index in [9.17, 15) is 9.59 Å². The third kappa shape index (κ3) is 6.19. The van der Waals surface area contributed by atoms with Crippen LogP contribution in [0.25, 0.3) is 0 Å². The number of ether oxygens (including phenoxy) is 1. The van der Waals surface area contributed by atoms with Crippen LogP contribution in [0.1, 0.15) is 105 Å². The molecule has 0 aromatic rings. The van der Waals surface area contributed by atoms with Crippen molar-refractivity contribution in [1.82, 2.24) is 0 Å². The van der Waals surface area contributed by atoms with Crippen molar-refractivity contribution in [1.29, 1.82) is 0 Å². The van der Waals surface area contributed by atoms with Crippen molar-refractivity contribution in [2.45, 2.75) is 131 Å². The molecule has 4 rings (SSSR count). The Hall–Kier alpha value is -0.943. The normalized spacial score (nSPS) is 37.1. The Balaban J connectivity index is 1.66. The highest BCUT2D eigenvalue weighted by Gasteiger charge is 2.58. The number of rotatable bonds is 8. The minimum Gasteiger partial charge on any atom is -0.461 e. The fourth-order valence-electron chi connectivity index (χ4n) is 8.77. The van der Waals surface area contributed by atoms with Gasteiger partial charge in [0.25, 0.3) is 0 Å². The summed E-state index contributed by atoms with van der Waals surface area (Å²) in [6.07, 6.45) is 14.6. The quantitative estimate of drug-likeness (QED) is 0.193. The van der Waals surface area contributed by atoms with Crippen molar-refractivity contribution in [3.05, 3.63) is 11.6 Å². The number of hydrogen-bond donors (Lipinski definition) is 0. The maximum Gasteiger partial charge on any atom is 0.302 e. The average Bonchev–Trinajstić information content (AvgIpc) is 3.15. The van der Waals surface area contributed by atoms with Crippen molar-refractivity contribution in [3.63, 3.8) is 0 Å². The molecule has 0 spiro atoms. The second-order valence-corrected chi connectivity index (χ2v) is 16.8. The molecule has 0 aromatic heterocycles. The Morgan fingerprint density at radius 2 is 1.92 bits per heavy atom.